The zero-order valence-corrected chi connectivity index (χ0v) is 23.0. The number of carbonyl (C=O) groups excluding carboxylic acids is 3. The van der Waals surface area contributed by atoms with Crippen molar-refractivity contribution in [3.05, 3.63) is 49.6 Å². The van der Waals surface area contributed by atoms with Crippen molar-refractivity contribution in [3.63, 3.8) is 0 Å². The average Bonchev–Trinajstić information content (AvgIpc) is 3.51. The lowest BCUT2D eigenvalue weighted by molar-refractivity contribution is -0.154. The van der Waals surface area contributed by atoms with Gasteiger partial charge in [-0.3, -0.25) is 14.4 Å². The van der Waals surface area contributed by atoms with Gasteiger partial charge >= 0.3 is 5.97 Å². The Bertz CT molecular complexity index is 1060. The molecule has 3 unspecified atom stereocenters. The Morgan fingerprint density at radius 1 is 1.24 bits per heavy atom. The number of aliphatic hydroxyl groups excluding tert-OH is 1. The molecule has 3 heterocycles. The van der Waals surface area contributed by atoms with Crippen LogP contribution in [0.4, 0.5) is 5.69 Å². The maximum atomic E-state index is 14.5. The van der Waals surface area contributed by atoms with Crippen LogP contribution in [0.3, 0.4) is 0 Å². The van der Waals surface area contributed by atoms with Crippen molar-refractivity contribution < 1.29 is 29.0 Å². The van der Waals surface area contributed by atoms with E-state index >= 15 is 0 Å². The smallest absolute Gasteiger partial charge is 0.310 e. The summed E-state index contributed by atoms with van der Waals surface area (Å²) in [6.07, 6.45) is 5.96. The Labute approximate surface area is 229 Å². The number of hydrogen-bond donors (Lipinski definition) is 1. The first kappa shape index (κ1) is 28.2. The third-order valence-electron chi connectivity index (χ3n) is 8.07. The summed E-state index contributed by atoms with van der Waals surface area (Å²) >= 11 is 1.62. The second-order valence-electron chi connectivity index (χ2n) is 10.2. The SMILES string of the molecule is C=CCCCOC(=O)[C@@H]1[C@H]2C(=O)N(CCCO)C(C(=O)N(CC=C)c3ccc(OC)cc3)C23S[C@@H]1CC3C. The number of ether oxygens (including phenoxy) is 2. The van der Waals surface area contributed by atoms with Crippen LogP contribution in [0, 0.1) is 17.8 Å². The van der Waals surface area contributed by atoms with Crippen molar-refractivity contribution in [2.45, 2.75) is 48.6 Å². The number of benzene rings is 1. The van der Waals surface area contributed by atoms with Gasteiger partial charge in [0.15, 0.2) is 0 Å². The van der Waals surface area contributed by atoms with Crippen molar-refractivity contribution in [1.82, 2.24) is 4.90 Å². The Kier molecular flexibility index (Phi) is 8.88. The third kappa shape index (κ3) is 4.75. The van der Waals surface area contributed by atoms with Crippen LogP contribution in [0.5, 0.6) is 5.75 Å². The number of carbonyl (C=O) groups is 3. The van der Waals surface area contributed by atoms with E-state index in [9.17, 15) is 19.5 Å². The highest BCUT2D eigenvalue weighted by atomic mass is 32.2. The number of aliphatic hydroxyl groups is 1. The quantitative estimate of drug-likeness (QED) is 0.232. The van der Waals surface area contributed by atoms with E-state index < -0.39 is 22.6 Å². The molecule has 1 N–H and O–H groups in total. The van der Waals surface area contributed by atoms with E-state index in [1.807, 2.05) is 12.1 Å². The molecular formula is C29H38N2O6S. The molecule has 3 aliphatic heterocycles. The van der Waals surface area contributed by atoms with Crippen LogP contribution in [0.1, 0.15) is 32.6 Å². The lowest BCUT2D eigenvalue weighted by Crippen LogP contribution is -2.57. The minimum atomic E-state index is -0.767. The van der Waals surface area contributed by atoms with Crippen LogP contribution >= 0.6 is 11.8 Å². The van der Waals surface area contributed by atoms with Gasteiger partial charge in [-0.15, -0.1) is 24.9 Å². The molecule has 0 aliphatic carbocycles. The first-order valence-corrected chi connectivity index (χ1v) is 14.2. The third-order valence-corrected chi connectivity index (χ3v) is 10.1. The lowest BCUT2D eigenvalue weighted by atomic mass is 9.66. The molecule has 9 heteroatoms. The summed E-state index contributed by atoms with van der Waals surface area (Å²) in [4.78, 5) is 45.1. The first-order chi connectivity index (χ1) is 18.3. The maximum Gasteiger partial charge on any atom is 0.310 e. The molecule has 1 aromatic carbocycles. The number of fused-ring (bicyclic) bond motifs is 1. The number of unbranched alkanes of at least 4 members (excludes halogenated alkanes) is 1. The van der Waals surface area contributed by atoms with Gasteiger partial charge in [-0.2, -0.15) is 0 Å². The molecular weight excluding hydrogens is 504 g/mol. The molecule has 2 amide bonds. The number of rotatable bonds is 13. The fourth-order valence-electron chi connectivity index (χ4n) is 6.41. The number of allylic oxidation sites excluding steroid dienone is 1. The van der Waals surface area contributed by atoms with Gasteiger partial charge in [0.05, 0.1) is 30.3 Å². The molecule has 0 aromatic heterocycles. The molecule has 3 fully saturated rings. The van der Waals surface area contributed by atoms with E-state index in [0.29, 0.717) is 24.3 Å². The minimum Gasteiger partial charge on any atom is -0.497 e. The van der Waals surface area contributed by atoms with Crippen molar-refractivity contribution >= 4 is 35.2 Å². The van der Waals surface area contributed by atoms with Gasteiger partial charge in [0.2, 0.25) is 5.91 Å². The van der Waals surface area contributed by atoms with Gasteiger partial charge in [0.25, 0.3) is 5.91 Å². The molecule has 1 spiro atoms. The topological polar surface area (TPSA) is 96.4 Å². The van der Waals surface area contributed by atoms with E-state index in [0.717, 1.165) is 12.8 Å². The van der Waals surface area contributed by atoms with Crippen molar-refractivity contribution in [1.29, 1.82) is 0 Å². The number of nitrogens with zero attached hydrogens (tertiary/aromatic N) is 2. The highest BCUT2D eigenvalue weighted by Gasteiger charge is 2.76. The van der Waals surface area contributed by atoms with E-state index in [1.165, 1.54) is 0 Å². The Morgan fingerprint density at radius 2 is 1.97 bits per heavy atom. The van der Waals surface area contributed by atoms with Gasteiger partial charge in [0, 0.05) is 30.6 Å². The molecule has 8 nitrogen and oxygen atoms in total. The van der Waals surface area contributed by atoms with Crippen LogP contribution in [0.2, 0.25) is 0 Å². The number of esters is 1. The molecule has 3 aliphatic rings. The molecule has 1 aromatic rings. The average molecular weight is 543 g/mol. The van der Waals surface area contributed by atoms with Gasteiger partial charge in [-0.05, 0) is 55.9 Å². The fourth-order valence-corrected chi connectivity index (χ4v) is 8.81. The molecule has 4 rings (SSSR count). The van der Waals surface area contributed by atoms with Gasteiger partial charge in [-0.1, -0.05) is 19.1 Å². The largest absolute Gasteiger partial charge is 0.497 e. The van der Waals surface area contributed by atoms with E-state index in [2.05, 4.69) is 20.1 Å². The lowest BCUT2D eigenvalue weighted by Gasteiger charge is -2.40. The van der Waals surface area contributed by atoms with Crippen molar-refractivity contribution in [2.24, 2.45) is 17.8 Å². The highest BCUT2D eigenvalue weighted by Crippen LogP contribution is 2.68. The van der Waals surface area contributed by atoms with Crippen LogP contribution in [0.15, 0.2) is 49.6 Å². The van der Waals surface area contributed by atoms with Crippen LogP contribution in [0.25, 0.3) is 0 Å². The van der Waals surface area contributed by atoms with Crippen LogP contribution < -0.4 is 9.64 Å². The van der Waals surface area contributed by atoms with Crippen molar-refractivity contribution in [3.8, 4) is 5.75 Å². The molecule has 0 saturated carbocycles. The zero-order valence-electron chi connectivity index (χ0n) is 22.2. The normalized spacial score (nSPS) is 29.2. The van der Waals surface area contributed by atoms with E-state index in [4.69, 9.17) is 9.47 Å². The second kappa shape index (κ2) is 11.9. The molecule has 2 bridgehead atoms. The maximum absolute atomic E-state index is 14.5. The van der Waals surface area contributed by atoms with Crippen molar-refractivity contribution in [2.75, 3.05) is 38.3 Å². The standard InChI is InChI=1S/C29H38N2O6S/c1-5-7-8-17-37-28(35)23-22-18-19(3)29(38-22)24(23)26(33)31(15-9-16-32)25(29)27(34)30(14-6-2)20-10-12-21(36-4)13-11-20/h5-6,10-13,19,22-25,32H,1-2,7-9,14-18H2,3-4H3/t19?,22-,23+,24+,25?,29?/m1/s1. The summed E-state index contributed by atoms with van der Waals surface area (Å²) in [5.74, 6) is -1.26. The van der Waals surface area contributed by atoms with E-state index in [-0.39, 0.29) is 55.3 Å². The molecule has 3 saturated heterocycles. The summed E-state index contributed by atoms with van der Waals surface area (Å²) in [6, 6.07) is 6.45. The number of amides is 2. The first-order valence-electron chi connectivity index (χ1n) is 13.3. The number of likely N-dealkylation sites (tertiary alicyclic amines) is 1. The Balaban J connectivity index is 1.71. The Morgan fingerprint density at radius 3 is 2.61 bits per heavy atom. The van der Waals surface area contributed by atoms with Gasteiger partial charge < -0.3 is 24.4 Å². The minimum absolute atomic E-state index is 0.0470. The van der Waals surface area contributed by atoms with Gasteiger partial charge in [0.1, 0.15) is 11.8 Å². The number of hydrogen-bond acceptors (Lipinski definition) is 7. The summed E-state index contributed by atoms with van der Waals surface area (Å²) < 4.78 is 10.2. The molecule has 206 valence electrons. The number of thioether (sulfide) groups is 1. The predicted octanol–water partition coefficient (Wildman–Crippen LogP) is 3.44. The molecule has 38 heavy (non-hydrogen) atoms. The van der Waals surface area contributed by atoms with Crippen LogP contribution in [-0.4, -0.2) is 77.2 Å². The van der Waals surface area contributed by atoms with E-state index in [1.54, 1.807) is 53.0 Å². The predicted molar refractivity (Wildman–Crippen MR) is 148 cm³/mol. The zero-order chi connectivity index (χ0) is 27.4. The number of methoxy groups -OCH3 is 1. The monoisotopic (exact) mass is 542 g/mol. The summed E-state index contributed by atoms with van der Waals surface area (Å²) in [5.41, 5.74) is 0.675. The summed E-state index contributed by atoms with van der Waals surface area (Å²) in [5, 5.41) is 9.51. The highest BCUT2D eigenvalue weighted by molar-refractivity contribution is 8.02. The van der Waals surface area contributed by atoms with Crippen LogP contribution in [-0.2, 0) is 19.1 Å². The fraction of sp³-hybridized carbons (Fsp3) is 0.552. The number of anilines is 1. The Hall–Kier alpha value is -2.78. The summed E-state index contributed by atoms with van der Waals surface area (Å²) in [7, 11) is 1.58. The molecule has 6 atom stereocenters. The van der Waals surface area contributed by atoms with Gasteiger partial charge in [-0.25, -0.2) is 0 Å². The second-order valence-corrected chi connectivity index (χ2v) is 11.7. The molecule has 0 radical (unpaired) electrons. The summed E-state index contributed by atoms with van der Waals surface area (Å²) in [6.45, 7) is 10.3.